The molecule has 0 spiro atoms. The molecule has 106 valence electrons. The van der Waals surface area contributed by atoms with Crippen LogP contribution in [-0.2, 0) is 10.0 Å². The Labute approximate surface area is 114 Å². The van der Waals surface area contributed by atoms with Crippen LogP contribution in [0.2, 0.25) is 0 Å². The number of aliphatic hydroxyl groups excluding tert-OH is 1. The van der Waals surface area contributed by atoms with Crippen LogP contribution in [0.4, 0.5) is 0 Å². The fourth-order valence-corrected chi connectivity index (χ4v) is 3.47. The van der Waals surface area contributed by atoms with Crippen molar-refractivity contribution in [3.05, 3.63) is 30.1 Å². The maximum Gasteiger partial charge on any atom is 0.211 e. The maximum absolute atomic E-state index is 11.5. The van der Waals surface area contributed by atoms with Crippen LogP contribution < -0.4 is 0 Å². The third kappa shape index (κ3) is 3.99. The lowest BCUT2D eigenvalue weighted by Crippen LogP contribution is -2.39. The van der Waals surface area contributed by atoms with E-state index in [1.54, 1.807) is 12.3 Å². The van der Waals surface area contributed by atoms with E-state index >= 15 is 0 Å². The summed E-state index contributed by atoms with van der Waals surface area (Å²) in [6.45, 7) is 1.09. The summed E-state index contributed by atoms with van der Waals surface area (Å²) in [5, 5.41) is 10.1. The summed E-state index contributed by atoms with van der Waals surface area (Å²) < 4.78 is 24.6. The number of aliphatic hydroxyl groups is 1. The van der Waals surface area contributed by atoms with Gasteiger partial charge in [0.25, 0.3) is 0 Å². The van der Waals surface area contributed by atoms with Crippen molar-refractivity contribution in [1.29, 1.82) is 0 Å². The van der Waals surface area contributed by atoms with Gasteiger partial charge < -0.3 is 5.11 Å². The normalized spacial score (nSPS) is 23.2. The number of rotatable bonds is 4. The molecule has 2 atom stereocenters. The molecule has 0 aliphatic carbocycles. The van der Waals surface area contributed by atoms with Gasteiger partial charge in [-0.25, -0.2) is 12.7 Å². The molecule has 0 radical (unpaired) electrons. The Kier molecular flexibility index (Phi) is 4.54. The number of sulfonamides is 1. The molecule has 1 aromatic rings. The van der Waals surface area contributed by atoms with Crippen molar-refractivity contribution < 1.29 is 13.5 Å². The lowest BCUT2D eigenvalue weighted by atomic mass is 9.92. The van der Waals surface area contributed by atoms with Crippen LogP contribution >= 0.6 is 0 Å². The van der Waals surface area contributed by atoms with Crippen LogP contribution in [0.3, 0.4) is 0 Å². The average molecular weight is 284 g/mol. The van der Waals surface area contributed by atoms with Crippen molar-refractivity contribution in [2.45, 2.75) is 25.4 Å². The number of nitrogens with zero attached hydrogens (tertiary/aromatic N) is 2. The van der Waals surface area contributed by atoms with Crippen molar-refractivity contribution in [2.24, 2.45) is 5.92 Å². The first-order chi connectivity index (χ1) is 8.97. The molecule has 5 nitrogen and oxygen atoms in total. The summed E-state index contributed by atoms with van der Waals surface area (Å²) in [6, 6.07) is 5.44. The van der Waals surface area contributed by atoms with Crippen molar-refractivity contribution in [3.63, 3.8) is 0 Å². The van der Waals surface area contributed by atoms with Crippen LogP contribution in [0.5, 0.6) is 0 Å². The molecule has 1 aliphatic heterocycles. The molecular weight excluding hydrogens is 264 g/mol. The molecular formula is C13H20N2O3S. The fraction of sp³-hybridized carbons (Fsp3) is 0.615. The smallest absolute Gasteiger partial charge is 0.211 e. The third-order valence-corrected chi connectivity index (χ3v) is 4.81. The molecule has 1 N–H and O–H groups in total. The first kappa shape index (κ1) is 14.4. The van der Waals surface area contributed by atoms with Crippen LogP contribution in [0, 0.1) is 5.92 Å². The van der Waals surface area contributed by atoms with Gasteiger partial charge in [-0.15, -0.1) is 0 Å². The molecule has 19 heavy (non-hydrogen) atoms. The van der Waals surface area contributed by atoms with E-state index in [1.807, 2.05) is 12.1 Å². The quantitative estimate of drug-likeness (QED) is 0.901. The van der Waals surface area contributed by atoms with E-state index in [0.29, 0.717) is 25.2 Å². The minimum Gasteiger partial charge on any atom is -0.387 e. The van der Waals surface area contributed by atoms with Crippen LogP contribution in [0.25, 0.3) is 0 Å². The highest BCUT2D eigenvalue weighted by Gasteiger charge is 2.27. The summed E-state index contributed by atoms with van der Waals surface area (Å²) in [6.07, 6.45) is 4.64. The zero-order valence-electron chi connectivity index (χ0n) is 11.1. The number of hydrogen-bond donors (Lipinski definition) is 1. The number of hydrogen-bond acceptors (Lipinski definition) is 4. The van der Waals surface area contributed by atoms with Gasteiger partial charge in [0.05, 0.1) is 18.1 Å². The molecule has 1 aromatic heterocycles. The van der Waals surface area contributed by atoms with E-state index in [0.717, 1.165) is 12.8 Å². The summed E-state index contributed by atoms with van der Waals surface area (Å²) in [7, 11) is -3.12. The Hall–Kier alpha value is -0.980. The Morgan fingerprint density at radius 1 is 1.53 bits per heavy atom. The molecule has 1 aliphatic rings. The average Bonchev–Trinajstić information content (AvgIpc) is 2.39. The largest absolute Gasteiger partial charge is 0.387 e. The maximum atomic E-state index is 11.5. The zero-order chi connectivity index (χ0) is 13.9. The third-order valence-electron chi connectivity index (χ3n) is 3.54. The summed E-state index contributed by atoms with van der Waals surface area (Å²) in [5.74, 6) is 0.195. The Balaban J connectivity index is 1.96. The molecule has 1 saturated heterocycles. The van der Waals surface area contributed by atoms with Gasteiger partial charge in [0.15, 0.2) is 0 Å². The van der Waals surface area contributed by atoms with E-state index in [1.165, 1.54) is 10.6 Å². The van der Waals surface area contributed by atoms with Gasteiger partial charge >= 0.3 is 0 Å². The van der Waals surface area contributed by atoms with Crippen LogP contribution in [-0.4, -0.2) is 42.2 Å². The van der Waals surface area contributed by atoms with E-state index in [2.05, 4.69) is 4.98 Å². The fourth-order valence-electron chi connectivity index (χ4n) is 2.53. The van der Waals surface area contributed by atoms with Gasteiger partial charge in [-0.05, 0) is 37.3 Å². The second kappa shape index (κ2) is 5.98. The highest BCUT2D eigenvalue weighted by molar-refractivity contribution is 7.88. The molecule has 0 amide bonds. The van der Waals surface area contributed by atoms with Crippen molar-refractivity contribution in [2.75, 3.05) is 19.3 Å². The Bertz CT molecular complexity index is 504. The summed E-state index contributed by atoms with van der Waals surface area (Å²) in [4.78, 5) is 4.13. The van der Waals surface area contributed by atoms with Crippen LogP contribution in [0.1, 0.15) is 31.1 Å². The second-order valence-electron chi connectivity index (χ2n) is 5.14. The molecule has 1 fully saturated rings. The highest BCUT2D eigenvalue weighted by atomic mass is 32.2. The number of pyridine rings is 1. The van der Waals surface area contributed by atoms with Gasteiger partial charge in [-0.1, -0.05) is 6.07 Å². The van der Waals surface area contributed by atoms with Gasteiger partial charge in [0.1, 0.15) is 0 Å². The standard InChI is InChI=1S/C13H20N2O3S/c1-19(17,18)15-8-4-5-11(10-15)9-13(16)12-6-2-3-7-14-12/h2-3,6-7,11,13,16H,4-5,8-10H2,1H3. The zero-order valence-corrected chi connectivity index (χ0v) is 11.9. The molecule has 0 saturated carbocycles. The second-order valence-corrected chi connectivity index (χ2v) is 7.12. The van der Waals surface area contributed by atoms with E-state index in [-0.39, 0.29) is 5.92 Å². The molecule has 0 bridgehead atoms. The Morgan fingerprint density at radius 3 is 2.95 bits per heavy atom. The summed E-state index contributed by atoms with van der Waals surface area (Å²) in [5.41, 5.74) is 0.652. The molecule has 2 heterocycles. The number of piperidine rings is 1. The topological polar surface area (TPSA) is 70.5 Å². The van der Waals surface area contributed by atoms with Gasteiger partial charge in [-0.3, -0.25) is 4.98 Å². The molecule has 0 aromatic carbocycles. The SMILES string of the molecule is CS(=O)(=O)N1CCCC(CC(O)c2ccccn2)C1. The predicted octanol–water partition coefficient (Wildman–Crippen LogP) is 1.18. The highest BCUT2D eigenvalue weighted by Crippen LogP contribution is 2.27. The molecule has 6 heteroatoms. The van der Waals surface area contributed by atoms with Gasteiger partial charge in [-0.2, -0.15) is 0 Å². The molecule has 2 rings (SSSR count). The van der Waals surface area contributed by atoms with Gasteiger partial charge in [0.2, 0.25) is 10.0 Å². The van der Waals surface area contributed by atoms with Crippen molar-refractivity contribution in [3.8, 4) is 0 Å². The Morgan fingerprint density at radius 2 is 2.32 bits per heavy atom. The van der Waals surface area contributed by atoms with Crippen molar-refractivity contribution in [1.82, 2.24) is 9.29 Å². The first-order valence-electron chi connectivity index (χ1n) is 6.51. The van der Waals surface area contributed by atoms with Crippen LogP contribution in [0.15, 0.2) is 24.4 Å². The van der Waals surface area contributed by atoms with Crippen molar-refractivity contribution >= 4 is 10.0 Å². The van der Waals surface area contributed by atoms with E-state index < -0.39 is 16.1 Å². The van der Waals surface area contributed by atoms with Gasteiger partial charge in [0, 0.05) is 19.3 Å². The minimum absolute atomic E-state index is 0.195. The lowest BCUT2D eigenvalue weighted by molar-refractivity contribution is 0.119. The monoisotopic (exact) mass is 284 g/mol. The summed E-state index contributed by atoms with van der Waals surface area (Å²) >= 11 is 0. The predicted molar refractivity (Wildman–Crippen MR) is 73.0 cm³/mol. The first-order valence-corrected chi connectivity index (χ1v) is 8.36. The van der Waals surface area contributed by atoms with E-state index in [9.17, 15) is 13.5 Å². The van der Waals surface area contributed by atoms with E-state index in [4.69, 9.17) is 0 Å². The number of aromatic nitrogens is 1. The lowest BCUT2D eigenvalue weighted by Gasteiger charge is -2.31. The molecule has 2 unspecified atom stereocenters. The minimum atomic E-state index is -3.12.